The Kier molecular flexibility index (Phi) is 3.66. The largest absolute Gasteiger partial charge is 0.249 e. The third-order valence-corrected chi connectivity index (χ3v) is 7.90. The van der Waals surface area contributed by atoms with Gasteiger partial charge in [-0.1, -0.05) is 24.3 Å². The molecule has 0 aliphatic heterocycles. The highest BCUT2D eigenvalue weighted by atomic mass is 32.1. The molecule has 4 heteroatoms. The van der Waals surface area contributed by atoms with Gasteiger partial charge in [0.15, 0.2) is 0 Å². The van der Waals surface area contributed by atoms with E-state index >= 15 is 0 Å². The molecule has 1 nitrogen and oxygen atoms in total. The number of thiazole rings is 1. The number of thiophene rings is 2. The van der Waals surface area contributed by atoms with Crippen molar-refractivity contribution in [1.82, 2.24) is 4.98 Å². The van der Waals surface area contributed by atoms with Gasteiger partial charge in [0.1, 0.15) is 0 Å². The molecule has 2 aromatic carbocycles. The van der Waals surface area contributed by atoms with Crippen molar-refractivity contribution in [2.75, 3.05) is 0 Å². The van der Waals surface area contributed by atoms with Gasteiger partial charge >= 0.3 is 0 Å². The summed E-state index contributed by atoms with van der Waals surface area (Å²) in [6.45, 7) is 4.32. The van der Waals surface area contributed by atoms with Gasteiger partial charge in [-0.05, 0) is 43.2 Å². The SMILES string of the molecule is Cc1cnc(CCc2cc3ccc4c(ccc5cc(C)sc54)c3s2)s1. The Morgan fingerprint density at radius 3 is 2.20 bits per heavy atom. The van der Waals surface area contributed by atoms with Crippen molar-refractivity contribution < 1.29 is 0 Å². The van der Waals surface area contributed by atoms with Crippen molar-refractivity contribution in [2.45, 2.75) is 26.7 Å². The van der Waals surface area contributed by atoms with Crippen molar-refractivity contribution in [3.63, 3.8) is 0 Å². The molecule has 0 bridgehead atoms. The standard InChI is InChI=1S/C21H17NS3/c1-12-9-14-3-6-18-17(20(14)24-12)7-4-15-10-16(25-21(15)18)5-8-19-22-11-13(2)23-19/h3-4,6-7,9-11H,5,8H2,1-2H3. The second-order valence-corrected chi connectivity index (χ2v) is 10.2. The molecule has 0 radical (unpaired) electrons. The summed E-state index contributed by atoms with van der Waals surface area (Å²) < 4.78 is 2.85. The number of nitrogens with zero attached hydrogens (tertiary/aromatic N) is 1. The van der Waals surface area contributed by atoms with E-state index in [1.54, 1.807) is 0 Å². The van der Waals surface area contributed by atoms with Crippen LogP contribution in [0.4, 0.5) is 0 Å². The third-order valence-electron chi connectivity index (χ3n) is 4.59. The minimum atomic E-state index is 1.04. The van der Waals surface area contributed by atoms with Gasteiger partial charge in [0, 0.05) is 47.4 Å². The van der Waals surface area contributed by atoms with Crippen LogP contribution in [0.15, 0.2) is 42.6 Å². The third kappa shape index (κ3) is 2.69. The molecule has 0 saturated heterocycles. The normalized spacial score (nSPS) is 11.9. The summed E-state index contributed by atoms with van der Waals surface area (Å²) >= 11 is 5.67. The lowest BCUT2D eigenvalue weighted by Crippen LogP contribution is -1.86. The molecule has 0 unspecified atom stereocenters. The summed E-state index contributed by atoms with van der Waals surface area (Å²) in [5, 5.41) is 6.77. The molecule has 0 saturated carbocycles. The second-order valence-electron chi connectivity index (χ2n) is 6.50. The predicted octanol–water partition coefficient (Wildman–Crippen LogP) is 7.13. The van der Waals surface area contributed by atoms with E-state index in [1.165, 1.54) is 50.6 Å². The number of hydrogen-bond acceptors (Lipinski definition) is 4. The van der Waals surface area contributed by atoms with Crippen LogP contribution in [0.3, 0.4) is 0 Å². The number of benzene rings is 2. The Hall–Kier alpha value is -1.75. The molecule has 0 fully saturated rings. The Labute approximate surface area is 158 Å². The second kappa shape index (κ2) is 5.90. The minimum absolute atomic E-state index is 1.04. The van der Waals surface area contributed by atoms with Crippen LogP contribution in [0, 0.1) is 13.8 Å². The lowest BCUT2D eigenvalue weighted by atomic mass is 10.1. The minimum Gasteiger partial charge on any atom is -0.249 e. The lowest BCUT2D eigenvalue weighted by Gasteiger charge is -2.01. The zero-order valence-corrected chi connectivity index (χ0v) is 16.6. The van der Waals surface area contributed by atoms with Crippen LogP contribution in [-0.4, -0.2) is 4.98 Å². The first-order valence-electron chi connectivity index (χ1n) is 8.43. The molecule has 0 atom stereocenters. The highest BCUT2D eigenvalue weighted by molar-refractivity contribution is 7.21. The zero-order valence-electron chi connectivity index (χ0n) is 14.1. The molecule has 0 spiro atoms. The fourth-order valence-corrected chi connectivity index (χ4v) is 6.47. The first-order valence-corrected chi connectivity index (χ1v) is 10.9. The van der Waals surface area contributed by atoms with Gasteiger partial charge in [0.05, 0.1) is 5.01 Å². The first-order chi connectivity index (χ1) is 12.2. The van der Waals surface area contributed by atoms with Gasteiger partial charge < -0.3 is 0 Å². The van der Waals surface area contributed by atoms with Gasteiger partial charge in [-0.3, -0.25) is 0 Å². The van der Waals surface area contributed by atoms with Gasteiger partial charge in [-0.15, -0.1) is 34.0 Å². The van der Waals surface area contributed by atoms with Crippen molar-refractivity contribution in [3.8, 4) is 0 Å². The number of fused-ring (bicyclic) bond motifs is 5. The van der Waals surface area contributed by atoms with Crippen molar-refractivity contribution in [3.05, 3.63) is 62.2 Å². The molecule has 124 valence electrons. The van der Waals surface area contributed by atoms with Gasteiger partial charge in [-0.2, -0.15) is 0 Å². The fourth-order valence-electron chi connectivity index (χ4n) is 3.45. The average Bonchev–Trinajstić information content (AvgIpc) is 3.29. The lowest BCUT2D eigenvalue weighted by molar-refractivity contribution is 0.962. The number of aryl methyl sites for hydroxylation is 4. The summed E-state index contributed by atoms with van der Waals surface area (Å²) in [5.41, 5.74) is 0. The van der Waals surface area contributed by atoms with E-state index in [4.69, 9.17) is 0 Å². The summed E-state index contributed by atoms with van der Waals surface area (Å²) in [4.78, 5) is 8.63. The molecule has 0 aliphatic rings. The quantitative estimate of drug-likeness (QED) is 0.325. The molecule has 5 aromatic rings. The van der Waals surface area contributed by atoms with Gasteiger partial charge in [-0.25, -0.2) is 4.98 Å². The molecule has 25 heavy (non-hydrogen) atoms. The molecule has 0 N–H and O–H groups in total. The van der Waals surface area contributed by atoms with E-state index in [9.17, 15) is 0 Å². The summed E-state index contributed by atoms with van der Waals surface area (Å²) in [6, 6.07) is 13.8. The Morgan fingerprint density at radius 1 is 0.760 bits per heavy atom. The van der Waals surface area contributed by atoms with Gasteiger partial charge in [0.2, 0.25) is 0 Å². The van der Waals surface area contributed by atoms with Crippen LogP contribution in [0.25, 0.3) is 30.9 Å². The van der Waals surface area contributed by atoms with E-state index in [0.717, 1.165) is 12.8 Å². The summed E-state index contributed by atoms with van der Waals surface area (Å²) in [6.07, 6.45) is 4.10. The monoisotopic (exact) mass is 379 g/mol. The number of aromatic nitrogens is 1. The maximum absolute atomic E-state index is 4.50. The zero-order chi connectivity index (χ0) is 17.0. The molecule has 5 rings (SSSR count). The molecular weight excluding hydrogens is 362 g/mol. The topological polar surface area (TPSA) is 12.9 Å². The summed E-state index contributed by atoms with van der Waals surface area (Å²) in [7, 11) is 0. The van der Waals surface area contributed by atoms with E-state index in [1.807, 2.05) is 40.2 Å². The van der Waals surface area contributed by atoms with Crippen LogP contribution in [0.2, 0.25) is 0 Å². The fraction of sp³-hybridized carbons (Fsp3) is 0.190. The number of hydrogen-bond donors (Lipinski definition) is 0. The van der Waals surface area contributed by atoms with Crippen LogP contribution in [0.1, 0.15) is 19.6 Å². The Bertz CT molecular complexity index is 1220. The van der Waals surface area contributed by atoms with Crippen molar-refractivity contribution >= 4 is 65.0 Å². The molecule has 3 aromatic heterocycles. The maximum atomic E-state index is 4.50. The van der Waals surface area contributed by atoms with Crippen molar-refractivity contribution in [2.24, 2.45) is 0 Å². The summed E-state index contributed by atoms with van der Waals surface area (Å²) in [5.74, 6) is 0. The average molecular weight is 380 g/mol. The van der Waals surface area contributed by atoms with E-state index in [2.05, 4.69) is 55.2 Å². The molecule has 3 heterocycles. The van der Waals surface area contributed by atoms with E-state index in [0.29, 0.717) is 0 Å². The van der Waals surface area contributed by atoms with Crippen molar-refractivity contribution in [1.29, 1.82) is 0 Å². The first kappa shape index (κ1) is 15.5. The highest BCUT2D eigenvalue weighted by Crippen LogP contribution is 2.38. The smallest absolute Gasteiger partial charge is 0.0931 e. The van der Waals surface area contributed by atoms with Crippen LogP contribution in [0.5, 0.6) is 0 Å². The van der Waals surface area contributed by atoms with E-state index < -0.39 is 0 Å². The van der Waals surface area contributed by atoms with Crippen LogP contribution >= 0.6 is 34.0 Å². The molecule has 0 amide bonds. The predicted molar refractivity (Wildman–Crippen MR) is 114 cm³/mol. The van der Waals surface area contributed by atoms with Crippen LogP contribution in [-0.2, 0) is 12.8 Å². The van der Waals surface area contributed by atoms with Crippen LogP contribution < -0.4 is 0 Å². The molecule has 0 aliphatic carbocycles. The number of rotatable bonds is 3. The Morgan fingerprint density at radius 2 is 1.48 bits per heavy atom. The maximum Gasteiger partial charge on any atom is 0.0931 e. The Balaban J connectivity index is 1.58. The molecular formula is C21H17NS3. The van der Waals surface area contributed by atoms with E-state index in [-0.39, 0.29) is 0 Å². The van der Waals surface area contributed by atoms with Gasteiger partial charge in [0.25, 0.3) is 0 Å². The highest BCUT2D eigenvalue weighted by Gasteiger charge is 2.10.